The van der Waals surface area contributed by atoms with Crippen LogP contribution in [0.2, 0.25) is 0 Å². The van der Waals surface area contributed by atoms with E-state index in [1.54, 1.807) is 24.3 Å². The summed E-state index contributed by atoms with van der Waals surface area (Å²) in [6, 6.07) is 15.3. The first-order valence-electron chi connectivity index (χ1n) is 10.1. The topological polar surface area (TPSA) is 104 Å². The molecule has 0 spiro atoms. The van der Waals surface area contributed by atoms with Gasteiger partial charge in [-0.1, -0.05) is 44.2 Å². The predicted molar refractivity (Wildman–Crippen MR) is 113 cm³/mol. The van der Waals surface area contributed by atoms with Crippen LogP contribution in [0.5, 0.6) is 5.75 Å². The fourth-order valence-electron chi connectivity index (χ4n) is 2.88. The van der Waals surface area contributed by atoms with Gasteiger partial charge < -0.3 is 19.2 Å². The van der Waals surface area contributed by atoms with Crippen molar-refractivity contribution in [2.75, 3.05) is 6.61 Å². The summed E-state index contributed by atoms with van der Waals surface area (Å²) in [7, 11) is 0. The number of rotatable bonds is 9. The van der Waals surface area contributed by atoms with Crippen molar-refractivity contribution in [1.82, 2.24) is 15.5 Å². The van der Waals surface area contributed by atoms with E-state index in [2.05, 4.69) is 15.5 Å². The van der Waals surface area contributed by atoms with Crippen LogP contribution in [0.15, 0.2) is 59.0 Å². The van der Waals surface area contributed by atoms with E-state index in [0.29, 0.717) is 23.8 Å². The summed E-state index contributed by atoms with van der Waals surface area (Å²) >= 11 is 0. The van der Waals surface area contributed by atoms with Crippen LogP contribution >= 0.6 is 0 Å². The van der Waals surface area contributed by atoms with Crippen LogP contribution in [0.25, 0.3) is 11.5 Å². The molecular formula is C23H25N3O5. The summed E-state index contributed by atoms with van der Waals surface area (Å²) in [6.07, 6.45) is 0. The predicted octanol–water partition coefficient (Wildman–Crippen LogP) is 3.63. The lowest BCUT2D eigenvalue weighted by atomic mass is 10.0. The number of esters is 1. The molecule has 8 nitrogen and oxygen atoms in total. The second kappa shape index (κ2) is 10.4. The van der Waals surface area contributed by atoms with Crippen LogP contribution < -0.4 is 10.1 Å². The van der Waals surface area contributed by atoms with Crippen LogP contribution in [-0.2, 0) is 16.1 Å². The van der Waals surface area contributed by atoms with Gasteiger partial charge in [-0.2, -0.15) is 0 Å². The van der Waals surface area contributed by atoms with E-state index in [1.165, 1.54) is 0 Å². The van der Waals surface area contributed by atoms with Crippen LogP contribution in [0, 0.1) is 5.92 Å². The highest BCUT2D eigenvalue weighted by molar-refractivity contribution is 5.99. The number of hydrogen-bond donors (Lipinski definition) is 1. The second-order valence-electron chi connectivity index (χ2n) is 7.10. The van der Waals surface area contributed by atoms with Gasteiger partial charge in [0.05, 0.1) is 12.2 Å². The summed E-state index contributed by atoms with van der Waals surface area (Å²) in [5.74, 6) is -0.230. The Hall–Kier alpha value is -3.68. The lowest BCUT2D eigenvalue weighted by Crippen LogP contribution is -2.45. The monoisotopic (exact) mass is 423 g/mol. The molecule has 1 heterocycles. The standard InChI is InChI=1S/C23H25N3O5/c1-4-29-18-13-9-8-12-17(18)21(27)24-20(15(2)3)23(28)30-14-19-25-26-22(31-19)16-10-6-5-7-11-16/h5-13,15,20H,4,14H2,1-3H3,(H,24,27)/t20-/m0/s1. The number of carbonyl (C=O) groups is 2. The first-order chi connectivity index (χ1) is 15.0. The maximum Gasteiger partial charge on any atom is 0.329 e. The molecule has 0 aliphatic carbocycles. The molecule has 0 saturated heterocycles. The second-order valence-corrected chi connectivity index (χ2v) is 7.10. The van der Waals surface area contributed by atoms with Gasteiger partial charge in [-0.25, -0.2) is 4.79 Å². The number of aromatic nitrogens is 2. The maximum absolute atomic E-state index is 12.8. The van der Waals surface area contributed by atoms with Crippen LogP contribution in [0.4, 0.5) is 0 Å². The Morgan fingerprint density at radius 1 is 1.03 bits per heavy atom. The number of benzene rings is 2. The number of carbonyl (C=O) groups excluding carboxylic acids is 2. The summed E-state index contributed by atoms with van der Waals surface area (Å²) in [5, 5.41) is 10.6. The summed E-state index contributed by atoms with van der Waals surface area (Å²) < 4.78 is 16.4. The zero-order chi connectivity index (χ0) is 22.2. The van der Waals surface area contributed by atoms with E-state index in [9.17, 15) is 9.59 Å². The van der Waals surface area contributed by atoms with Gasteiger partial charge in [-0.05, 0) is 37.1 Å². The molecule has 0 aliphatic heterocycles. The molecule has 1 N–H and O–H groups in total. The fourth-order valence-corrected chi connectivity index (χ4v) is 2.88. The highest BCUT2D eigenvalue weighted by atomic mass is 16.5. The van der Waals surface area contributed by atoms with Gasteiger partial charge in [0.1, 0.15) is 11.8 Å². The Bertz CT molecular complexity index is 1020. The third-order valence-corrected chi connectivity index (χ3v) is 4.46. The Labute approximate surface area is 180 Å². The summed E-state index contributed by atoms with van der Waals surface area (Å²) in [4.78, 5) is 25.4. The minimum Gasteiger partial charge on any atom is -0.493 e. The Kier molecular flexibility index (Phi) is 7.37. The molecule has 0 aliphatic rings. The van der Waals surface area contributed by atoms with Gasteiger partial charge in [0, 0.05) is 5.56 Å². The van der Waals surface area contributed by atoms with Gasteiger partial charge >= 0.3 is 5.97 Å². The zero-order valence-corrected chi connectivity index (χ0v) is 17.7. The third kappa shape index (κ3) is 5.69. The SMILES string of the molecule is CCOc1ccccc1C(=O)N[C@H](C(=O)OCc1nnc(-c2ccccc2)o1)C(C)C. The highest BCUT2D eigenvalue weighted by Crippen LogP contribution is 2.19. The normalized spacial score (nSPS) is 11.7. The quantitative estimate of drug-likeness (QED) is 0.524. The van der Waals surface area contributed by atoms with Crippen molar-refractivity contribution < 1.29 is 23.5 Å². The number of ether oxygens (including phenoxy) is 2. The first kappa shape index (κ1) is 22.0. The molecule has 3 rings (SSSR count). The van der Waals surface area contributed by atoms with E-state index in [4.69, 9.17) is 13.9 Å². The number of hydrogen-bond acceptors (Lipinski definition) is 7. The molecule has 0 bridgehead atoms. The van der Waals surface area contributed by atoms with Crippen molar-refractivity contribution in [3.05, 3.63) is 66.1 Å². The maximum atomic E-state index is 12.8. The number of para-hydroxylation sites is 1. The molecule has 31 heavy (non-hydrogen) atoms. The third-order valence-electron chi connectivity index (χ3n) is 4.46. The Balaban J connectivity index is 1.63. The molecule has 0 saturated carbocycles. The van der Waals surface area contributed by atoms with E-state index in [1.807, 2.05) is 51.1 Å². The van der Waals surface area contributed by atoms with E-state index >= 15 is 0 Å². The van der Waals surface area contributed by atoms with E-state index < -0.39 is 17.9 Å². The van der Waals surface area contributed by atoms with Crippen LogP contribution in [0.3, 0.4) is 0 Å². The van der Waals surface area contributed by atoms with Crippen molar-refractivity contribution in [1.29, 1.82) is 0 Å². The van der Waals surface area contributed by atoms with E-state index in [-0.39, 0.29) is 18.4 Å². The molecule has 0 fully saturated rings. The Morgan fingerprint density at radius 3 is 2.45 bits per heavy atom. The van der Waals surface area contributed by atoms with Crippen molar-refractivity contribution >= 4 is 11.9 Å². The molecule has 0 unspecified atom stereocenters. The smallest absolute Gasteiger partial charge is 0.329 e. The molecule has 1 atom stereocenters. The zero-order valence-electron chi connectivity index (χ0n) is 17.7. The van der Waals surface area contributed by atoms with Gasteiger partial charge in [0.25, 0.3) is 11.8 Å². The lowest BCUT2D eigenvalue weighted by Gasteiger charge is -2.21. The molecule has 3 aromatic rings. The molecule has 1 aromatic heterocycles. The molecule has 162 valence electrons. The van der Waals surface area contributed by atoms with Gasteiger partial charge in [-0.3, -0.25) is 4.79 Å². The molecular weight excluding hydrogens is 398 g/mol. The van der Waals surface area contributed by atoms with Crippen LogP contribution in [-0.4, -0.2) is 34.7 Å². The number of nitrogens with zero attached hydrogens (tertiary/aromatic N) is 2. The van der Waals surface area contributed by atoms with Crippen molar-refractivity contribution in [3.63, 3.8) is 0 Å². The summed E-state index contributed by atoms with van der Waals surface area (Å²) in [6.45, 7) is 5.72. The highest BCUT2D eigenvalue weighted by Gasteiger charge is 2.27. The van der Waals surface area contributed by atoms with E-state index in [0.717, 1.165) is 5.56 Å². The molecule has 1 amide bonds. The first-order valence-corrected chi connectivity index (χ1v) is 10.1. The van der Waals surface area contributed by atoms with Crippen molar-refractivity contribution in [3.8, 4) is 17.2 Å². The average Bonchev–Trinajstić information content (AvgIpc) is 3.26. The van der Waals surface area contributed by atoms with Crippen molar-refractivity contribution in [2.24, 2.45) is 5.92 Å². The number of nitrogens with one attached hydrogen (secondary N) is 1. The number of amides is 1. The minimum absolute atomic E-state index is 0.169. The fraction of sp³-hybridized carbons (Fsp3) is 0.304. The minimum atomic E-state index is -0.848. The van der Waals surface area contributed by atoms with Gasteiger partial charge in [-0.15, -0.1) is 10.2 Å². The summed E-state index contributed by atoms with van der Waals surface area (Å²) in [5.41, 5.74) is 1.13. The van der Waals surface area contributed by atoms with Crippen molar-refractivity contribution in [2.45, 2.75) is 33.4 Å². The largest absolute Gasteiger partial charge is 0.493 e. The van der Waals surface area contributed by atoms with Crippen LogP contribution in [0.1, 0.15) is 37.0 Å². The average molecular weight is 423 g/mol. The Morgan fingerprint density at radius 2 is 1.74 bits per heavy atom. The molecule has 0 radical (unpaired) electrons. The van der Waals surface area contributed by atoms with Gasteiger partial charge in [0.15, 0.2) is 6.61 Å². The molecule has 8 heteroatoms. The van der Waals surface area contributed by atoms with Gasteiger partial charge in [0.2, 0.25) is 5.89 Å². The lowest BCUT2D eigenvalue weighted by molar-refractivity contribution is -0.149. The molecule has 2 aromatic carbocycles.